The number of hydrogen-bond donors (Lipinski definition) is 0. The van der Waals surface area contributed by atoms with E-state index in [4.69, 9.17) is 5.26 Å². The van der Waals surface area contributed by atoms with Crippen LogP contribution >= 0.6 is 15.9 Å². The van der Waals surface area contributed by atoms with Crippen molar-refractivity contribution < 1.29 is 4.39 Å². The topological polar surface area (TPSA) is 41.6 Å². The minimum Gasteiger partial charge on any atom is -0.237 e. The molecule has 3 rings (SSSR count). The third-order valence-electron chi connectivity index (χ3n) is 3.12. The van der Waals surface area contributed by atoms with E-state index in [1.165, 1.54) is 4.68 Å². The van der Waals surface area contributed by atoms with Crippen LogP contribution in [-0.4, -0.2) is 9.78 Å². The lowest BCUT2D eigenvalue weighted by Crippen LogP contribution is -1.99. The zero-order valence-electron chi connectivity index (χ0n) is 10.8. The molecule has 0 aliphatic rings. The van der Waals surface area contributed by atoms with Crippen LogP contribution in [0.25, 0.3) is 16.8 Å². The summed E-state index contributed by atoms with van der Waals surface area (Å²) < 4.78 is 15.9. The van der Waals surface area contributed by atoms with Gasteiger partial charge >= 0.3 is 0 Å². The van der Waals surface area contributed by atoms with E-state index in [2.05, 4.69) is 21.0 Å². The van der Waals surface area contributed by atoms with Gasteiger partial charge in [-0.3, -0.25) is 0 Å². The van der Waals surface area contributed by atoms with Gasteiger partial charge in [0.15, 0.2) is 5.82 Å². The van der Waals surface area contributed by atoms with Crippen molar-refractivity contribution in [2.75, 3.05) is 0 Å². The standard InChI is InChI=1S/C16H9BrFN3/c17-15-12(8-19)6-7-14(16(15)18)21-10-13(9-20-21)11-4-2-1-3-5-11/h1-7,9-10H. The second-order valence-corrected chi connectivity index (χ2v) is 5.20. The lowest BCUT2D eigenvalue weighted by molar-refractivity contribution is 0.604. The number of benzene rings is 2. The van der Waals surface area contributed by atoms with E-state index < -0.39 is 5.82 Å². The van der Waals surface area contributed by atoms with E-state index in [0.29, 0.717) is 5.69 Å². The van der Waals surface area contributed by atoms with Crippen LogP contribution < -0.4 is 0 Å². The first kappa shape index (κ1) is 13.5. The van der Waals surface area contributed by atoms with E-state index in [1.54, 1.807) is 24.5 Å². The van der Waals surface area contributed by atoms with E-state index in [1.807, 2.05) is 36.4 Å². The zero-order valence-corrected chi connectivity index (χ0v) is 12.4. The molecule has 0 aliphatic carbocycles. The normalized spacial score (nSPS) is 10.3. The molecular weight excluding hydrogens is 333 g/mol. The third-order valence-corrected chi connectivity index (χ3v) is 3.89. The van der Waals surface area contributed by atoms with Crippen LogP contribution in [0.4, 0.5) is 4.39 Å². The summed E-state index contributed by atoms with van der Waals surface area (Å²) in [5, 5.41) is 13.1. The first-order valence-corrected chi connectivity index (χ1v) is 6.98. The van der Waals surface area contributed by atoms with Crippen molar-refractivity contribution >= 4 is 15.9 Å². The number of nitrogens with zero attached hydrogens (tertiary/aromatic N) is 3. The summed E-state index contributed by atoms with van der Waals surface area (Å²) >= 11 is 3.10. The molecular formula is C16H9BrFN3. The molecule has 0 unspecified atom stereocenters. The highest BCUT2D eigenvalue weighted by Gasteiger charge is 2.13. The molecule has 0 saturated heterocycles. The number of nitriles is 1. The maximum absolute atomic E-state index is 14.3. The van der Waals surface area contributed by atoms with Crippen molar-refractivity contribution in [3.05, 3.63) is 70.7 Å². The fraction of sp³-hybridized carbons (Fsp3) is 0. The fourth-order valence-corrected chi connectivity index (χ4v) is 2.46. The van der Waals surface area contributed by atoms with E-state index in [0.717, 1.165) is 11.1 Å². The van der Waals surface area contributed by atoms with Gasteiger partial charge in [0.25, 0.3) is 0 Å². The van der Waals surface area contributed by atoms with Crippen molar-refractivity contribution in [2.45, 2.75) is 0 Å². The van der Waals surface area contributed by atoms with Crippen LogP contribution in [0.15, 0.2) is 59.3 Å². The third kappa shape index (κ3) is 2.46. The first-order valence-electron chi connectivity index (χ1n) is 6.19. The number of hydrogen-bond acceptors (Lipinski definition) is 2. The highest BCUT2D eigenvalue weighted by molar-refractivity contribution is 9.10. The Morgan fingerprint density at radius 2 is 1.86 bits per heavy atom. The SMILES string of the molecule is N#Cc1ccc(-n2cc(-c3ccccc3)cn2)c(F)c1Br. The molecule has 3 nitrogen and oxygen atoms in total. The monoisotopic (exact) mass is 341 g/mol. The molecule has 0 N–H and O–H groups in total. The van der Waals surface area contributed by atoms with Crippen LogP contribution in [0.5, 0.6) is 0 Å². The molecule has 1 heterocycles. The maximum atomic E-state index is 14.3. The average Bonchev–Trinajstić information content (AvgIpc) is 3.00. The minimum atomic E-state index is -0.503. The second kappa shape index (κ2) is 5.51. The Morgan fingerprint density at radius 3 is 2.57 bits per heavy atom. The van der Waals surface area contributed by atoms with Crippen molar-refractivity contribution in [3.8, 4) is 22.9 Å². The van der Waals surface area contributed by atoms with Crippen LogP contribution in [0.3, 0.4) is 0 Å². The van der Waals surface area contributed by atoms with Gasteiger partial charge in [0.05, 0.1) is 16.2 Å². The molecule has 0 atom stereocenters. The minimum absolute atomic E-state index is 0.152. The fourth-order valence-electron chi connectivity index (χ4n) is 2.04. The Labute approximate surface area is 129 Å². The first-order chi connectivity index (χ1) is 10.2. The second-order valence-electron chi connectivity index (χ2n) is 4.41. The van der Waals surface area contributed by atoms with E-state index >= 15 is 0 Å². The predicted octanol–water partition coefficient (Wildman–Crippen LogP) is 4.31. The molecule has 1 aromatic heterocycles. The van der Waals surface area contributed by atoms with Crippen LogP contribution in [0.1, 0.15) is 5.56 Å². The van der Waals surface area contributed by atoms with Gasteiger partial charge < -0.3 is 0 Å². The summed E-state index contributed by atoms with van der Waals surface area (Å²) in [5.74, 6) is -0.503. The maximum Gasteiger partial charge on any atom is 0.164 e. The van der Waals surface area contributed by atoms with Gasteiger partial charge in [0.1, 0.15) is 11.8 Å². The zero-order chi connectivity index (χ0) is 14.8. The smallest absolute Gasteiger partial charge is 0.164 e. The summed E-state index contributed by atoms with van der Waals surface area (Å²) in [6, 6.07) is 14.8. The Morgan fingerprint density at radius 1 is 1.10 bits per heavy atom. The van der Waals surface area contributed by atoms with Gasteiger partial charge in [0.2, 0.25) is 0 Å². The molecule has 3 aromatic rings. The van der Waals surface area contributed by atoms with Crippen LogP contribution in [-0.2, 0) is 0 Å². The van der Waals surface area contributed by atoms with Crippen molar-refractivity contribution in [3.63, 3.8) is 0 Å². The summed E-state index contributed by atoms with van der Waals surface area (Å²) in [7, 11) is 0. The summed E-state index contributed by atoms with van der Waals surface area (Å²) in [6.45, 7) is 0. The molecule has 102 valence electrons. The molecule has 0 aliphatic heterocycles. The summed E-state index contributed by atoms with van der Waals surface area (Å²) in [6.07, 6.45) is 3.44. The van der Waals surface area contributed by atoms with Gasteiger partial charge in [-0.05, 0) is 33.6 Å². The van der Waals surface area contributed by atoms with Crippen molar-refractivity contribution in [1.29, 1.82) is 5.26 Å². The summed E-state index contributed by atoms with van der Waals surface area (Å²) in [4.78, 5) is 0. The molecule has 0 bridgehead atoms. The lowest BCUT2D eigenvalue weighted by atomic mass is 10.1. The molecule has 0 amide bonds. The largest absolute Gasteiger partial charge is 0.237 e. The Kier molecular flexibility index (Phi) is 3.55. The summed E-state index contributed by atoms with van der Waals surface area (Å²) in [5.41, 5.74) is 2.46. The van der Waals surface area contributed by atoms with E-state index in [9.17, 15) is 4.39 Å². The number of rotatable bonds is 2. The van der Waals surface area contributed by atoms with Gasteiger partial charge in [-0.15, -0.1) is 0 Å². The molecule has 21 heavy (non-hydrogen) atoms. The predicted molar refractivity (Wildman–Crippen MR) is 81.4 cm³/mol. The highest BCUT2D eigenvalue weighted by Crippen LogP contribution is 2.27. The molecule has 0 saturated carbocycles. The van der Waals surface area contributed by atoms with Crippen LogP contribution in [0.2, 0.25) is 0 Å². The molecule has 0 radical (unpaired) electrons. The molecule has 2 aromatic carbocycles. The molecule has 5 heteroatoms. The van der Waals surface area contributed by atoms with Crippen LogP contribution in [0, 0.1) is 17.1 Å². The van der Waals surface area contributed by atoms with Gasteiger partial charge in [-0.1, -0.05) is 30.3 Å². The van der Waals surface area contributed by atoms with Gasteiger partial charge in [-0.25, -0.2) is 9.07 Å². The van der Waals surface area contributed by atoms with Gasteiger partial charge in [-0.2, -0.15) is 10.4 Å². The number of halogens is 2. The average molecular weight is 342 g/mol. The van der Waals surface area contributed by atoms with E-state index in [-0.39, 0.29) is 10.0 Å². The Bertz CT molecular complexity index is 834. The highest BCUT2D eigenvalue weighted by atomic mass is 79.9. The molecule has 0 spiro atoms. The Balaban J connectivity index is 2.06. The quantitative estimate of drug-likeness (QED) is 0.696. The van der Waals surface area contributed by atoms with Crippen molar-refractivity contribution in [1.82, 2.24) is 9.78 Å². The number of aromatic nitrogens is 2. The van der Waals surface area contributed by atoms with Crippen molar-refractivity contribution in [2.24, 2.45) is 0 Å². The van der Waals surface area contributed by atoms with Gasteiger partial charge in [0, 0.05) is 11.8 Å². The molecule has 0 fully saturated rings. The lowest BCUT2D eigenvalue weighted by Gasteiger charge is -2.05. The Hall–Kier alpha value is -2.45.